The van der Waals surface area contributed by atoms with Gasteiger partial charge in [-0.2, -0.15) is 0 Å². The summed E-state index contributed by atoms with van der Waals surface area (Å²) in [4.78, 5) is 15.7. The molecule has 1 aliphatic heterocycles. The number of carbonyl (C=O) groups excluding carboxylic acids is 1. The van der Waals surface area contributed by atoms with Crippen molar-refractivity contribution in [3.05, 3.63) is 54.1 Å². The van der Waals surface area contributed by atoms with Crippen LogP contribution in [0.3, 0.4) is 0 Å². The van der Waals surface area contributed by atoms with E-state index in [4.69, 9.17) is 0 Å². The number of benzene rings is 2. The van der Waals surface area contributed by atoms with E-state index in [0.717, 1.165) is 29.4 Å². The minimum atomic E-state index is -1.04. The van der Waals surface area contributed by atoms with Gasteiger partial charge >= 0.3 is 0 Å². The van der Waals surface area contributed by atoms with Crippen molar-refractivity contribution in [1.29, 1.82) is 0 Å². The van der Waals surface area contributed by atoms with Crippen LogP contribution < -0.4 is 10.2 Å². The van der Waals surface area contributed by atoms with E-state index in [1.54, 1.807) is 30.5 Å². The van der Waals surface area contributed by atoms with E-state index in [9.17, 15) is 9.00 Å². The van der Waals surface area contributed by atoms with Gasteiger partial charge in [-0.15, -0.1) is 0 Å². The number of amides is 1. The Morgan fingerprint density at radius 1 is 0.960 bits per heavy atom. The molecule has 1 atom stereocenters. The number of rotatable bonds is 4. The summed E-state index contributed by atoms with van der Waals surface area (Å²) in [6.45, 7) is 2.06. The molecule has 2 aromatic rings. The van der Waals surface area contributed by atoms with Crippen LogP contribution in [0.5, 0.6) is 0 Å². The topological polar surface area (TPSA) is 49.4 Å². The molecule has 0 spiro atoms. The van der Waals surface area contributed by atoms with Gasteiger partial charge in [-0.1, -0.05) is 25.0 Å². The van der Waals surface area contributed by atoms with Gasteiger partial charge in [0.15, 0.2) is 0 Å². The van der Waals surface area contributed by atoms with Crippen molar-refractivity contribution in [3.8, 4) is 0 Å². The van der Waals surface area contributed by atoms with E-state index in [-0.39, 0.29) is 5.91 Å². The molecular formula is C20H24N2O2S. The van der Waals surface area contributed by atoms with Gasteiger partial charge in [0.05, 0.1) is 11.4 Å². The molecular weight excluding hydrogens is 332 g/mol. The van der Waals surface area contributed by atoms with Crippen LogP contribution in [0.25, 0.3) is 0 Å². The fourth-order valence-electron chi connectivity index (χ4n) is 3.16. The highest BCUT2D eigenvalue weighted by Crippen LogP contribution is 2.28. The van der Waals surface area contributed by atoms with Crippen LogP contribution >= 0.6 is 0 Å². The average molecular weight is 356 g/mol. The van der Waals surface area contributed by atoms with Crippen molar-refractivity contribution in [1.82, 2.24) is 0 Å². The molecule has 0 bridgehead atoms. The first-order valence-corrected chi connectivity index (χ1v) is 10.3. The zero-order valence-corrected chi connectivity index (χ0v) is 15.3. The first kappa shape index (κ1) is 17.7. The second-order valence-corrected chi connectivity index (χ2v) is 7.73. The summed E-state index contributed by atoms with van der Waals surface area (Å²) < 4.78 is 11.5. The molecule has 0 aliphatic carbocycles. The minimum Gasteiger partial charge on any atom is -0.370 e. The van der Waals surface area contributed by atoms with Crippen LogP contribution in [0, 0.1) is 0 Å². The SMILES string of the molecule is CS(=O)c1ccc(C(=O)Nc2ccccc2N2CCCCCC2)cc1. The number of anilines is 2. The van der Waals surface area contributed by atoms with Crippen molar-refractivity contribution in [3.63, 3.8) is 0 Å². The smallest absolute Gasteiger partial charge is 0.255 e. The number of carbonyl (C=O) groups is 1. The Morgan fingerprint density at radius 3 is 2.24 bits per heavy atom. The summed E-state index contributed by atoms with van der Waals surface area (Å²) in [5.41, 5.74) is 2.50. The Bertz CT molecular complexity index is 751. The predicted molar refractivity (Wildman–Crippen MR) is 104 cm³/mol. The van der Waals surface area contributed by atoms with Gasteiger partial charge in [0.25, 0.3) is 5.91 Å². The first-order valence-electron chi connectivity index (χ1n) is 8.74. The van der Waals surface area contributed by atoms with Crippen LogP contribution in [0.1, 0.15) is 36.0 Å². The van der Waals surface area contributed by atoms with Crippen LogP contribution in [0.15, 0.2) is 53.4 Å². The van der Waals surface area contributed by atoms with E-state index >= 15 is 0 Å². The molecule has 3 rings (SSSR count). The molecule has 132 valence electrons. The minimum absolute atomic E-state index is 0.143. The lowest BCUT2D eigenvalue weighted by atomic mass is 10.2. The van der Waals surface area contributed by atoms with Gasteiger partial charge in [0.2, 0.25) is 0 Å². The Morgan fingerprint density at radius 2 is 1.60 bits per heavy atom. The Kier molecular flexibility index (Phi) is 5.87. The van der Waals surface area contributed by atoms with Gasteiger partial charge < -0.3 is 10.2 Å². The maximum atomic E-state index is 12.6. The summed E-state index contributed by atoms with van der Waals surface area (Å²) in [5.74, 6) is -0.143. The maximum Gasteiger partial charge on any atom is 0.255 e. The standard InChI is InChI=1S/C20H24N2O2S/c1-25(24)17-12-10-16(11-13-17)20(23)21-18-8-4-5-9-19(18)22-14-6-2-3-7-15-22/h4-5,8-13H,2-3,6-7,14-15H2,1H3,(H,21,23). The van der Waals surface area contributed by atoms with E-state index in [1.807, 2.05) is 18.2 Å². The molecule has 1 heterocycles. The second-order valence-electron chi connectivity index (χ2n) is 6.35. The van der Waals surface area contributed by atoms with Crippen molar-refractivity contribution >= 4 is 28.1 Å². The van der Waals surface area contributed by atoms with Gasteiger partial charge in [0, 0.05) is 40.6 Å². The van der Waals surface area contributed by atoms with Crippen molar-refractivity contribution in [2.24, 2.45) is 0 Å². The highest BCUT2D eigenvalue weighted by molar-refractivity contribution is 7.84. The highest BCUT2D eigenvalue weighted by Gasteiger charge is 2.15. The molecule has 1 saturated heterocycles. The molecule has 0 radical (unpaired) electrons. The zero-order valence-electron chi connectivity index (χ0n) is 14.5. The third-order valence-corrected chi connectivity index (χ3v) is 5.48. The predicted octanol–water partition coefficient (Wildman–Crippen LogP) is 4.06. The summed E-state index contributed by atoms with van der Waals surface area (Å²) in [7, 11) is -1.04. The number of nitrogens with one attached hydrogen (secondary N) is 1. The fraction of sp³-hybridized carbons (Fsp3) is 0.350. The van der Waals surface area contributed by atoms with Crippen LogP contribution in [0.4, 0.5) is 11.4 Å². The third-order valence-electron chi connectivity index (χ3n) is 4.55. The molecule has 1 N–H and O–H groups in total. The monoisotopic (exact) mass is 356 g/mol. The number of para-hydroxylation sites is 2. The lowest BCUT2D eigenvalue weighted by Gasteiger charge is -2.25. The molecule has 5 heteroatoms. The van der Waals surface area contributed by atoms with Gasteiger partial charge in [-0.25, -0.2) is 0 Å². The largest absolute Gasteiger partial charge is 0.370 e. The lowest BCUT2D eigenvalue weighted by molar-refractivity contribution is 0.102. The molecule has 1 unspecified atom stereocenters. The quantitative estimate of drug-likeness (QED) is 0.899. The summed E-state index contributed by atoms with van der Waals surface area (Å²) in [5, 5.41) is 3.04. The lowest BCUT2D eigenvalue weighted by Crippen LogP contribution is -2.25. The maximum absolute atomic E-state index is 12.6. The molecule has 1 fully saturated rings. The zero-order chi connectivity index (χ0) is 17.6. The molecule has 25 heavy (non-hydrogen) atoms. The van der Waals surface area contributed by atoms with Crippen LogP contribution in [-0.2, 0) is 10.8 Å². The molecule has 1 aliphatic rings. The van der Waals surface area contributed by atoms with Crippen molar-refractivity contribution < 1.29 is 9.00 Å². The molecule has 2 aromatic carbocycles. The fourth-order valence-corrected chi connectivity index (χ4v) is 3.68. The second kappa shape index (κ2) is 8.30. The van der Waals surface area contributed by atoms with Gasteiger partial charge in [0.1, 0.15) is 0 Å². The van der Waals surface area contributed by atoms with Gasteiger partial charge in [-0.05, 0) is 49.2 Å². The number of hydrogen-bond acceptors (Lipinski definition) is 3. The van der Waals surface area contributed by atoms with E-state index in [0.29, 0.717) is 5.56 Å². The van der Waals surface area contributed by atoms with Gasteiger partial charge in [-0.3, -0.25) is 9.00 Å². The van der Waals surface area contributed by atoms with Crippen molar-refractivity contribution in [2.45, 2.75) is 30.6 Å². The third kappa shape index (κ3) is 4.48. The summed E-state index contributed by atoms with van der Waals surface area (Å²) >= 11 is 0. The Labute approximate surface area is 151 Å². The van der Waals surface area contributed by atoms with Crippen LogP contribution in [-0.4, -0.2) is 29.5 Å². The van der Waals surface area contributed by atoms with E-state index in [2.05, 4.69) is 16.3 Å². The van der Waals surface area contributed by atoms with E-state index < -0.39 is 10.8 Å². The average Bonchev–Trinajstić information content (AvgIpc) is 2.91. The first-order chi connectivity index (χ1) is 12.1. The van der Waals surface area contributed by atoms with Crippen LogP contribution in [0.2, 0.25) is 0 Å². The molecule has 4 nitrogen and oxygen atoms in total. The number of nitrogens with zero attached hydrogens (tertiary/aromatic N) is 1. The highest BCUT2D eigenvalue weighted by atomic mass is 32.2. The molecule has 0 aromatic heterocycles. The normalized spacial score (nSPS) is 16.1. The van der Waals surface area contributed by atoms with Crippen molar-refractivity contribution in [2.75, 3.05) is 29.6 Å². The Balaban J connectivity index is 1.78. The Hall–Kier alpha value is -2.14. The molecule has 0 saturated carbocycles. The summed E-state index contributed by atoms with van der Waals surface area (Å²) in [6, 6.07) is 14.9. The summed E-state index contributed by atoms with van der Waals surface area (Å²) in [6.07, 6.45) is 6.56. The molecule has 1 amide bonds. The van der Waals surface area contributed by atoms with E-state index in [1.165, 1.54) is 25.7 Å². The number of hydrogen-bond donors (Lipinski definition) is 1.